The van der Waals surface area contributed by atoms with Crippen LogP contribution in [-0.2, 0) is 0 Å². The Labute approximate surface area is 165 Å². The molecule has 0 spiro atoms. The summed E-state index contributed by atoms with van der Waals surface area (Å²) in [5.41, 5.74) is 0.801. The van der Waals surface area contributed by atoms with Crippen LogP contribution in [0.25, 0.3) is 10.9 Å². The molecule has 0 amide bonds. The molecule has 1 aliphatic heterocycles. The number of nitrogens with zero attached hydrogens (tertiary/aromatic N) is 2. The lowest BCUT2D eigenvalue weighted by Gasteiger charge is -2.27. The van der Waals surface area contributed by atoms with Gasteiger partial charge < -0.3 is 19.7 Å². The van der Waals surface area contributed by atoms with Gasteiger partial charge >= 0.3 is 5.97 Å². The number of aromatic nitrogens is 2. The van der Waals surface area contributed by atoms with Crippen molar-refractivity contribution in [1.29, 1.82) is 0 Å². The molecule has 0 saturated carbocycles. The van der Waals surface area contributed by atoms with Gasteiger partial charge in [-0.3, -0.25) is 4.79 Å². The lowest BCUT2D eigenvalue weighted by atomic mass is 10.1. The second kappa shape index (κ2) is 7.52. The van der Waals surface area contributed by atoms with Gasteiger partial charge in [-0.15, -0.1) is 0 Å². The Hall–Kier alpha value is -3.06. The predicted octanol–water partition coefficient (Wildman–Crippen LogP) is 3.32. The minimum Gasteiger partial charge on any atom is -0.477 e. The standard InChI is InChI=1S/C20H18ClN3O4/c21-16-4-1-7-22-19(16)28-11-13-3-2-8-24(13)12-5-6-14-17(9-12)23-10-15(18(14)25)20(26)27/h1,4-7,9-10,13H,2-3,8,11H2,(H,23,25)(H,26,27)/t13-/m1/s1. The van der Waals surface area contributed by atoms with Crippen molar-refractivity contribution in [2.24, 2.45) is 0 Å². The van der Waals surface area contributed by atoms with E-state index >= 15 is 0 Å². The van der Waals surface area contributed by atoms with E-state index in [9.17, 15) is 9.59 Å². The van der Waals surface area contributed by atoms with Crippen LogP contribution < -0.4 is 15.1 Å². The molecule has 8 heteroatoms. The topological polar surface area (TPSA) is 95.5 Å². The molecule has 0 radical (unpaired) electrons. The molecular weight excluding hydrogens is 382 g/mol. The first-order valence-electron chi connectivity index (χ1n) is 8.93. The van der Waals surface area contributed by atoms with E-state index < -0.39 is 11.4 Å². The van der Waals surface area contributed by atoms with Gasteiger partial charge in [-0.1, -0.05) is 11.6 Å². The fraction of sp³-hybridized carbons (Fsp3) is 0.250. The monoisotopic (exact) mass is 399 g/mol. The van der Waals surface area contributed by atoms with Crippen molar-refractivity contribution in [2.45, 2.75) is 18.9 Å². The molecule has 0 aliphatic carbocycles. The summed E-state index contributed by atoms with van der Waals surface area (Å²) in [4.78, 5) is 32.7. The number of nitrogens with one attached hydrogen (secondary N) is 1. The van der Waals surface area contributed by atoms with Crippen LogP contribution in [0, 0.1) is 0 Å². The fourth-order valence-corrected chi connectivity index (χ4v) is 3.73. The summed E-state index contributed by atoms with van der Waals surface area (Å²) in [6.45, 7) is 1.32. The molecule has 0 unspecified atom stereocenters. The van der Waals surface area contributed by atoms with E-state index in [1.165, 1.54) is 6.20 Å². The van der Waals surface area contributed by atoms with Crippen LogP contribution in [0.4, 0.5) is 5.69 Å². The van der Waals surface area contributed by atoms with Crippen molar-refractivity contribution in [3.05, 3.63) is 63.5 Å². The molecule has 2 aromatic heterocycles. The van der Waals surface area contributed by atoms with Crippen LogP contribution in [0.3, 0.4) is 0 Å². The molecule has 3 heterocycles. The van der Waals surface area contributed by atoms with Gasteiger partial charge in [0.25, 0.3) is 0 Å². The Bertz CT molecular complexity index is 1100. The van der Waals surface area contributed by atoms with Gasteiger partial charge in [0.1, 0.15) is 17.2 Å². The van der Waals surface area contributed by atoms with Crippen molar-refractivity contribution < 1.29 is 14.6 Å². The zero-order valence-corrected chi connectivity index (χ0v) is 15.6. The second-order valence-corrected chi connectivity index (χ2v) is 7.06. The van der Waals surface area contributed by atoms with Gasteiger partial charge in [0, 0.05) is 30.0 Å². The van der Waals surface area contributed by atoms with Gasteiger partial charge in [0.05, 0.1) is 11.6 Å². The average Bonchev–Trinajstić information content (AvgIpc) is 3.15. The molecule has 144 valence electrons. The number of carbonyl (C=O) groups is 1. The van der Waals surface area contributed by atoms with Crippen molar-refractivity contribution in [1.82, 2.24) is 9.97 Å². The van der Waals surface area contributed by atoms with Crippen LogP contribution in [0.5, 0.6) is 5.88 Å². The molecular formula is C20H18ClN3O4. The maximum atomic E-state index is 12.3. The maximum absolute atomic E-state index is 12.3. The number of rotatable bonds is 5. The predicted molar refractivity (Wildman–Crippen MR) is 107 cm³/mol. The molecule has 2 N–H and O–H groups in total. The van der Waals surface area contributed by atoms with E-state index in [1.54, 1.807) is 24.4 Å². The highest BCUT2D eigenvalue weighted by Crippen LogP contribution is 2.29. The Morgan fingerprint density at radius 2 is 2.25 bits per heavy atom. The zero-order valence-electron chi connectivity index (χ0n) is 14.9. The van der Waals surface area contributed by atoms with Crippen molar-refractivity contribution in [3.8, 4) is 5.88 Å². The van der Waals surface area contributed by atoms with E-state index in [1.807, 2.05) is 12.1 Å². The summed E-state index contributed by atoms with van der Waals surface area (Å²) in [5, 5.41) is 9.94. The van der Waals surface area contributed by atoms with Gasteiger partial charge in [0.2, 0.25) is 11.3 Å². The number of aromatic amines is 1. The number of anilines is 1. The van der Waals surface area contributed by atoms with Crippen molar-refractivity contribution >= 4 is 34.2 Å². The first kappa shape index (κ1) is 18.3. The van der Waals surface area contributed by atoms with Crippen molar-refractivity contribution in [2.75, 3.05) is 18.1 Å². The molecule has 28 heavy (non-hydrogen) atoms. The van der Waals surface area contributed by atoms with Crippen LogP contribution in [0.15, 0.2) is 47.5 Å². The number of H-pyrrole nitrogens is 1. The molecule has 1 fully saturated rings. The van der Waals surface area contributed by atoms with Gasteiger partial charge in [-0.25, -0.2) is 9.78 Å². The summed E-state index contributed by atoms with van der Waals surface area (Å²) < 4.78 is 5.81. The normalized spacial score (nSPS) is 16.5. The molecule has 1 atom stereocenters. The number of hydrogen-bond donors (Lipinski definition) is 2. The number of benzene rings is 1. The van der Waals surface area contributed by atoms with Crippen molar-refractivity contribution in [3.63, 3.8) is 0 Å². The second-order valence-electron chi connectivity index (χ2n) is 6.66. The lowest BCUT2D eigenvalue weighted by Crippen LogP contribution is -2.34. The minimum absolute atomic E-state index is 0.153. The highest BCUT2D eigenvalue weighted by molar-refractivity contribution is 6.31. The third kappa shape index (κ3) is 3.41. The average molecular weight is 400 g/mol. The van der Waals surface area contributed by atoms with E-state index in [-0.39, 0.29) is 11.6 Å². The highest BCUT2D eigenvalue weighted by atomic mass is 35.5. The Morgan fingerprint density at radius 3 is 3.04 bits per heavy atom. The number of ether oxygens (including phenoxy) is 1. The molecule has 0 bridgehead atoms. The SMILES string of the molecule is O=C(O)c1c[nH]c2cc(N3CCC[C@@H]3COc3ncccc3Cl)ccc2c1=O. The zero-order chi connectivity index (χ0) is 19.7. The number of fused-ring (bicyclic) bond motifs is 1. The summed E-state index contributed by atoms with van der Waals surface area (Å²) >= 11 is 6.10. The molecule has 7 nitrogen and oxygen atoms in total. The summed E-state index contributed by atoms with van der Waals surface area (Å²) in [6, 6.07) is 9.02. The minimum atomic E-state index is -1.24. The van der Waals surface area contributed by atoms with E-state index in [4.69, 9.17) is 21.4 Å². The molecule has 3 aromatic rings. The highest BCUT2D eigenvalue weighted by Gasteiger charge is 2.26. The summed E-state index contributed by atoms with van der Waals surface area (Å²) in [6.07, 6.45) is 4.87. The number of aromatic carboxylic acids is 1. The Balaban J connectivity index is 1.58. The van der Waals surface area contributed by atoms with E-state index in [0.717, 1.165) is 25.1 Å². The van der Waals surface area contributed by atoms with Gasteiger partial charge in [-0.05, 0) is 43.2 Å². The lowest BCUT2D eigenvalue weighted by molar-refractivity contribution is 0.0695. The largest absolute Gasteiger partial charge is 0.477 e. The molecule has 4 rings (SSSR count). The smallest absolute Gasteiger partial charge is 0.341 e. The molecule has 1 aromatic carbocycles. The molecule has 1 saturated heterocycles. The number of hydrogen-bond acceptors (Lipinski definition) is 5. The Kier molecular flexibility index (Phi) is 4.92. The number of carboxylic acids is 1. The van der Waals surface area contributed by atoms with Gasteiger partial charge in [-0.2, -0.15) is 0 Å². The van der Waals surface area contributed by atoms with E-state index in [0.29, 0.717) is 28.4 Å². The van der Waals surface area contributed by atoms with Crippen LogP contribution >= 0.6 is 11.6 Å². The fourth-order valence-electron chi connectivity index (χ4n) is 3.55. The number of halogens is 1. The van der Waals surface area contributed by atoms with Crippen LogP contribution in [0.1, 0.15) is 23.2 Å². The quantitative estimate of drug-likeness (QED) is 0.683. The van der Waals surface area contributed by atoms with Gasteiger partial charge in [0.15, 0.2) is 0 Å². The van der Waals surface area contributed by atoms with Crippen LogP contribution in [-0.4, -0.2) is 40.2 Å². The number of carboxylic acid groups (broad SMARTS) is 1. The first-order valence-corrected chi connectivity index (χ1v) is 9.31. The number of pyridine rings is 2. The molecule has 1 aliphatic rings. The maximum Gasteiger partial charge on any atom is 0.341 e. The Morgan fingerprint density at radius 1 is 1.39 bits per heavy atom. The van der Waals surface area contributed by atoms with Crippen LogP contribution in [0.2, 0.25) is 5.02 Å². The first-order chi connectivity index (χ1) is 13.5. The summed E-state index contributed by atoms with van der Waals surface area (Å²) in [7, 11) is 0. The third-order valence-electron chi connectivity index (χ3n) is 4.94. The third-order valence-corrected chi connectivity index (χ3v) is 5.23. The summed E-state index contributed by atoms with van der Waals surface area (Å²) in [5.74, 6) is -0.822. The van der Waals surface area contributed by atoms with E-state index in [2.05, 4.69) is 14.9 Å².